The highest BCUT2D eigenvalue weighted by Gasteiger charge is 2.50. The van der Waals surface area contributed by atoms with Crippen molar-refractivity contribution >= 4 is 5.97 Å². The molecule has 1 aliphatic carbocycles. The summed E-state index contributed by atoms with van der Waals surface area (Å²) < 4.78 is 0. The molecule has 0 unspecified atom stereocenters. The molecule has 3 heteroatoms. The Hall–Kier alpha value is -0.570. The van der Waals surface area contributed by atoms with Crippen LogP contribution >= 0.6 is 0 Å². The fraction of sp³-hybridized carbons (Fsp3) is 0.929. The van der Waals surface area contributed by atoms with Gasteiger partial charge in [0.2, 0.25) is 0 Å². The van der Waals surface area contributed by atoms with E-state index in [0.717, 1.165) is 32.5 Å². The molecule has 0 aromatic rings. The summed E-state index contributed by atoms with van der Waals surface area (Å²) in [6, 6.07) is 0. The van der Waals surface area contributed by atoms with Gasteiger partial charge in [-0.3, -0.25) is 4.79 Å². The number of carboxylic acids is 1. The van der Waals surface area contributed by atoms with Gasteiger partial charge in [-0.15, -0.1) is 0 Å². The van der Waals surface area contributed by atoms with Gasteiger partial charge < -0.3 is 10.0 Å². The van der Waals surface area contributed by atoms with Gasteiger partial charge in [0.25, 0.3) is 0 Å². The van der Waals surface area contributed by atoms with E-state index < -0.39 is 5.97 Å². The van der Waals surface area contributed by atoms with Gasteiger partial charge in [0, 0.05) is 19.6 Å². The summed E-state index contributed by atoms with van der Waals surface area (Å²) >= 11 is 0. The number of hydrogen-bond acceptors (Lipinski definition) is 2. The van der Waals surface area contributed by atoms with E-state index in [0.29, 0.717) is 5.92 Å². The first-order valence-electron chi connectivity index (χ1n) is 6.99. The molecule has 2 aliphatic rings. The molecule has 0 radical (unpaired) electrons. The van der Waals surface area contributed by atoms with Gasteiger partial charge in [-0.25, -0.2) is 0 Å². The van der Waals surface area contributed by atoms with Crippen molar-refractivity contribution in [1.82, 2.24) is 4.90 Å². The minimum Gasteiger partial charge on any atom is -0.481 e. The second-order valence-electron chi connectivity index (χ2n) is 6.40. The number of carbonyl (C=O) groups is 1. The maximum absolute atomic E-state index is 11.5. The van der Waals surface area contributed by atoms with Crippen LogP contribution in [0, 0.1) is 17.3 Å². The molecule has 0 aromatic heterocycles. The number of carboxylic acid groups (broad SMARTS) is 1. The molecule has 98 valence electrons. The van der Waals surface area contributed by atoms with Gasteiger partial charge >= 0.3 is 5.97 Å². The highest BCUT2D eigenvalue weighted by molar-refractivity contribution is 5.72. The van der Waals surface area contributed by atoms with E-state index in [1.165, 1.54) is 19.3 Å². The summed E-state index contributed by atoms with van der Waals surface area (Å²) in [6.07, 6.45) is 5.98. The minimum atomic E-state index is -0.571. The van der Waals surface area contributed by atoms with E-state index in [9.17, 15) is 9.90 Å². The summed E-state index contributed by atoms with van der Waals surface area (Å²) in [7, 11) is 0. The average Bonchev–Trinajstić information content (AvgIpc) is 2.57. The van der Waals surface area contributed by atoms with E-state index in [1.54, 1.807) is 0 Å². The number of likely N-dealkylation sites (tertiary alicyclic amines) is 1. The summed E-state index contributed by atoms with van der Waals surface area (Å²) in [4.78, 5) is 13.9. The van der Waals surface area contributed by atoms with Gasteiger partial charge in [0.1, 0.15) is 0 Å². The Morgan fingerprint density at radius 1 is 1.35 bits per heavy atom. The first-order chi connectivity index (χ1) is 8.03. The van der Waals surface area contributed by atoms with Crippen LogP contribution in [0.1, 0.15) is 46.0 Å². The first-order valence-corrected chi connectivity index (χ1v) is 6.99. The van der Waals surface area contributed by atoms with E-state index >= 15 is 0 Å². The molecule has 1 saturated carbocycles. The zero-order valence-corrected chi connectivity index (χ0v) is 11.1. The second kappa shape index (κ2) is 4.97. The maximum Gasteiger partial charge on any atom is 0.308 e. The summed E-state index contributed by atoms with van der Waals surface area (Å²) in [5.41, 5.74) is 0.0962. The lowest BCUT2D eigenvalue weighted by Crippen LogP contribution is -2.36. The van der Waals surface area contributed by atoms with Crippen molar-refractivity contribution in [1.29, 1.82) is 0 Å². The molecular weight excluding hydrogens is 214 g/mol. The summed E-state index contributed by atoms with van der Waals surface area (Å²) in [5.74, 6) is -0.0668. The van der Waals surface area contributed by atoms with Crippen LogP contribution in [0.25, 0.3) is 0 Å². The van der Waals surface area contributed by atoms with E-state index in [-0.39, 0.29) is 11.3 Å². The van der Waals surface area contributed by atoms with Crippen LogP contribution in [0.3, 0.4) is 0 Å². The van der Waals surface area contributed by atoms with Crippen molar-refractivity contribution in [2.75, 3.05) is 19.6 Å². The SMILES string of the molecule is CC(C)CN1C[C@@H](C(=O)O)C2(CCCCC2)C1. The first kappa shape index (κ1) is 12.9. The molecule has 1 atom stereocenters. The van der Waals surface area contributed by atoms with Gasteiger partial charge in [0.05, 0.1) is 5.92 Å². The zero-order chi connectivity index (χ0) is 12.5. The summed E-state index contributed by atoms with van der Waals surface area (Å²) in [6.45, 7) is 7.25. The lowest BCUT2D eigenvalue weighted by Gasteiger charge is -2.36. The average molecular weight is 239 g/mol. The number of hydrogen-bond donors (Lipinski definition) is 1. The molecule has 0 bridgehead atoms. The van der Waals surface area contributed by atoms with Crippen LogP contribution in [0.5, 0.6) is 0 Å². The smallest absolute Gasteiger partial charge is 0.308 e. The predicted octanol–water partition coefficient (Wildman–Crippen LogP) is 2.61. The molecular formula is C14H25NO2. The van der Waals surface area contributed by atoms with Crippen molar-refractivity contribution < 1.29 is 9.90 Å². The fourth-order valence-electron chi connectivity index (χ4n) is 3.83. The Kier molecular flexibility index (Phi) is 3.76. The Morgan fingerprint density at radius 3 is 2.53 bits per heavy atom. The molecule has 0 aromatic carbocycles. The molecule has 1 spiro atoms. The lowest BCUT2D eigenvalue weighted by atomic mass is 9.68. The van der Waals surface area contributed by atoms with Crippen LogP contribution in [0.2, 0.25) is 0 Å². The number of aliphatic carboxylic acids is 1. The van der Waals surface area contributed by atoms with Crippen LogP contribution in [0.4, 0.5) is 0 Å². The Labute approximate surface area is 104 Å². The zero-order valence-electron chi connectivity index (χ0n) is 11.1. The van der Waals surface area contributed by atoms with Gasteiger partial charge in [-0.1, -0.05) is 33.1 Å². The maximum atomic E-state index is 11.5. The number of nitrogens with zero attached hydrogens (tertiary/aromatic N) is 1. The Balaban J connectivity index is 2.09. The van der Waals surface area contributed by atoms with E-state index in [2.05, 4.69) is 18.7 Å². The Bertz CT molecular complexity index is 282. The van der Waals surface area contributed by atoms with Gasteiger partial charge in [-0.2, -0.15) is 0 Å². The third-order valence-corrected chi connectivity index (χ3v) is 4.49. The standard InChI is InChI=1S/C14H25NO2/c1-11(2)8-15-9-12(13(16)17)14(10-15)6-4-3-5-7-14/h11-12H,3-10H2,1-2H3,(H,16,17)/t12-/m0/s1. The monoisotopic (exact) mass is 239 g/mol. The molecule has 2 rings (SSSR count). The molecule has 1 heterocycles. The van der Waals surface area contributed by atoms with Crippen molar-refractivity contribution in [3.8, 4) is 0 Å². The highest BCUT2D eigenvalue weighted by Crippen LogP contribution is 2.47. The normalized spacial score (nSPS) is 29.0. The van der Waals surface area contributed by atoms with Crippen LogP contribution < -0.4 is 0 Å². The summed E-state index contributed by atoms with van der Waals surface area (Å²) in [5, 5.41) is 9.46. The van der Waals surface area contributed by atoms with E-state index in [1.807, 2.05) is 0 Å². The molecule has 17 heavy (non-hydrogen) atoms. The molecule has 0 amide bonds. The Morgan fingerprint density at radius 2 is 2.00 bits per heavy atom. The lowest BCUT2D eigenvalue weighted by molar-refractivity contribution is -0.145. The predicted molar refractivity (Wildman–Crippen MR) is 67.9 cm³/mol. The quantitative estimate of drug-likeness (QED) is 0.823. The molecule has 2 fully saturated rings. The second-order valence-corrected chi connectivity index (χ2v) is 6.40. The van der Waals surface area contributed by atoms with Crippen LogP contribution in [-0.2, 0) is 4.79 Å². The third-order valence-electron chi connectivity index (χ3n) is 4.49. The van der Waals surface area contributed by atoms with E-state index in [4.69, 9.17) is 0 Å². The van der Waals surface area contributed by atoms with Crippen molar-refractivity contribution in [3.05, 3.63) is 0 Å². The molecule has 1 N–H and O–H groups in total. The van der Waals surface area contributed by atoms with Gasteiger partial charge in [0.15, 0.2) is 0 Å². The number of rotatable bonds is 3. The third kappa shape index (κ3) is 2.65. The van der Waals surface area contributed by atoms with Gasteiger partial charge in [-0.05, 0) is 24.2 Å². The van der Waals surface area contributed by atoms with Crippen molar-refractivity contribution in [3.63, 3.8) is 0 Å². The van der Waals surface area contributed by atoms with Crippen molar-refractivity contribution in [2.24, 2.45) is 17.3 Å². The highest BCUT2D eigenvalue weighted by atomic mass is 16.4. The van der Waals surface area contributed by atoms with Crippen LogP contribution in [-0.4, -0.2) is 35.6 Å². The van der Waals surface area contributed by atoms with Crippen LogP contribution in [0.15, 0.2) is 0 Å². The fourth-order valence-corrected chi connectivity index (χ4v) is 3.83. The molecule has 1 saturated heterocycles. The largest absolute Gasteiger partial charge is 0.481 e. The molecule has 1 aliphatic heterocycles. The molecule has 3 nitrogen and oxygen atoms in total. The minimum absolute atomic E-state index is 0.0962. The van der Waals surface area contributed by atoms with Crippen molar-refractivity contribution in [2.45, 2.75) is 46.0 Å². The topological polar surface area (TPSA) is 40.5 Å².